The van der Waals surface area contributed by atoms with Gasteiger partial charge >= 0.3 is 0 Å². The predicted octanol–water partition coefficient (Wildman–Crippen LogP) is 4.56. The summed E-state index contributed by atoms with van der Waals surface area (Å²) in [6.07, 6.45) is 1.85. The maximum Gasteiger partial charge on any atom is 0.0851 e. The number of aromatic nitrogens is 2. The van der Waals surface area contributed by atoms with Crippen LogP contribution in [0.2, 0.25) is 0 Å². The Morgan fingerprint density at radius 3 is 2.61 bits per heavy atom. The molecule has 0 aliphatic rings. The van der Waals surface area contributed by atoms with Crippen molar-refractivity contribution in [2.75, 3.05) is 7.05 Å². The minimum atomic E-state index is 0.134. The Morgan fingerprint density at radius 1 is 1.39 bits per heavy atom. The van der Waals surface area contributed by atoms with E-state index in [0.29, 0.717) is 0 Å². The van der Waals surface area contributed by atoms with Crippen LogP contribution in [0.3, 0.4) is 0 Å². The Hall–Kier alpha value is 0.310. The van der Waals surface area contributed by atoms with Gasteiger partial charge in [-0.2, -0.15) is 5.10 Å². The number of aryl methyl sites for hydroxylation is 1. The first kappa shape index (κ1) is 14.7. The Balaban J connectivity index is 2.47. The molecule has 0 fully saturated rings. The predicted molar refractivity (Wildman–Crippen MR) is 86.2 cm³/mol. The molecule has 0 amide bonds. The summed E-state index contributed by atoms with van der Waals surface area (Å²) >= 11 is 12.4. The molecule has 3 nitrogen and oxygen atoms in total. The Labute approximate surface area is 135 Å². The van der Waals surface area contributed by atoms with Crippen LogP contribution in [0.4, 0.5) is 0 Å². The SMILES string of the molecule is CCn1ncc(Br)c1C(NC)c1cc(Br)c(Br)s1. The van der Waals surface area contributed by atoms with Crippen LogP contribution in [0.5, 0.6) is 0 Å². The van der Waals surface area contributed by atoms with Crippen LogP contribution >= 0.6 is 59.1 Å². The summed E-state index contributed by atoms with van der Waals surface area (Å²) in [5.74, 6) is 0. The monoisotopic (exact) mass is 455 g/mol. The first-order valence-corrected chi connectivity index (χ1v) is 8.61. The molecule has 0 spiro atoms. The van der Waals surface area contributed by atoms with Crippen LogP contribution in [0, 0.1) is 0 Å². The number of hydrogen-bond donors (Lipinski definition) is 1. The summed E-state index contributed by atoms with van der Waals surface area (Å²) in [5.41, 5.74) is 1.15. The third kappa shape index (κ3) is 2.75. The van der Waals surface area contributed by atoms with Crippen LogP contribution in [0.15, 0.2) is 25.0 Å². The van der Waals surface area contributed by atoms with E-state index in [-0.39, 0.29) is 6.04 Å². The summed E-state index contributed by atoms with van der Waals surface area (Å²) in [6.45, 7) is 2.95. The smallest absolute Gasteiger partial charge is 0.0851 e. The van der Waals surface area contributed by atoms with Crippen LogP contribution in [-0.2, 0) is 6.54 Å². The molecule has 0 saturated carbocycles. The van der Waals surface area contributed by atoms with Crippen LogP contribution in [0.1, 0.15) is 23.5 Å². The molecule has 18 heavy (non-hydrogen) atoms. The Morgan fingerprint density at radius 2 is 2.11 bits per heavy atom. The number of thiophene rings is 1. The highest BCUT2D eigenvalue weighted by Gasteiger charge is 2.22. The minimum Gasteiger partial charge on any atom is -0.307 e. The van der Waals surface area contributed by atoms with E-state index in [9.17, 15) is 0 Å². The highest BCUT2D eigenvalue weighted by molar-refractivity contribution is 9.13. The highest BCUT2D eigenvalue weighted by atomic mass is 79.9. The van der Waals surface area contributed by atoms with E-state index < -0.39 is 0 Å². The van der Waals surface area contributed by atoms with Gasteiger partial charge in [0.2, 0.25) is 0 Å². The quantitative estimate of drug-likeness (QED) is 0.729. The summed E-state index contributed by atoms with van der Waals surface area (Å²) in [7, 11) is 1.96. The van der Waals surface area contributed by atoms with Crippen molar-refractivity contribution in [2.45, 2.75) is 19.5 Å². The molecule has 7 heteroatoms. The standard InChI is InChI=1S/C11H12Br3N3S/c1-3-17-10(7(13)5-16-17)9(15-2)8-4-6(12)11(14)18-8/h4-5,9,15H,3H2,1-2H3. The van der Waals surface area contributed by atoms with Gasteiger partial charge in [-0.25, -0.2) is 0 Å². The van der Waals surface area contributed by atoms with E-state index in [1.54, 1.807) is 11.3 Å². The van der Waals surface area contributed by atoms with Gasteiger partial charge in [-0.3, -0.25) is 4.68 Å². The number of hydrogen-bond acceptors (Lipinski definition) is 3. The maximum absolute atomic E-state index is 4.37. The van der Waals surface area contributed by atoms with Gasteiger partial charge in [-0.1, -0.05) is 0 Å². The topological polar surface area (TPSA) is 29.9 Å². The maximum atomic E-state index is 4.37. The lowest BCUT2D eigenvalue weighted by Gasteiger charge is -2.16. The second-order valence-corrected chi connectivity index (χ2v) is 7.80. The lowest BCUT2D eigenvalue weighted by atomic mass is 10.1. The van der Waals surface area contributed by atoms with Crippen molar-refractivity contribution in [3.05, 3.63) is 35.6 Å². The first-order chi connectivity index (χ1) is 8.58. The first-order valence-electron chi connectivity index (χ1n) is 5.41. The minimum absolute atomic E-state index is 0.134. The van der Waals surface area contributed by atoms with Crippen molar-refractivity contribution < 1.29 is 0 Å². The van der Waals surface area contributed by atoms with Gasteiger partial charge in [0.05, 0.1) is 26.2 Å². The number of nitrogens with zero attached hydrogens (tertiary/aromatic N) is 2. The molecule has 2 aromatic rings. The Kier molecular flexibility index (Phi) is 5.05. The lowest BCUT2D eigenvalue weighted by molar-refractivity contribution is 0.566. The van der Waals surface area contributed by atoms with Crippen molar-refractivity contribution in [1.82, 2.24) is 15.1 Å². The molecule has 0 saturated heterocycles. The number of halogens is 3. The largest absolute Gasteiger partial charge is 0.307 e. The molecule has 0 bridgehead atoms. The highest BCUT2D eigenvalue weighted by Crippen LogP contribution is 2.38. The van der Waals surface area contributed by atoms with Crippen molar-refractivity contribution in [3.63, 3.8) is 0 Å². The average molecular weight is 458 g/mol. The van der Waals surface area contributed by atoms with Crippen molar-refractivity contribution in [3.8, 4) is 0 Å². The van der Waals surface area contributed by atoms with E-state index >= 15 is 0 Å². The summed E-state index contributed by atoms with van der Waals surface area (Å²) in [6, 6.07) is 2.27. The fourth-order valence-corrected chi connectivity index (χ4v) is 4.56. The van der Waals surface area contributed by atoms with Gasteiger partial charge in [0, 0.05) is 15.9 Å². The number of nitrogens with one attached hydrogen (secondary N) is 1. The van der Waals surface area contributed by atoms with Gasteiger partial charge < -0.3 is 5.32 Å². The normalized spacial score (nSPS) is 12.9. The van der Waals surface area contributed by atoms with Gasteiger partial charge in [0.1, 0.15) is 0 Å². The number of rotatable bonds is 4. The molecule has 1 N–H and O–H groups in total. The third-order valence-electron chi connectivity index (χ3n) is 2.64. The molecule has 0 aliphatic carbocycles. The van der Waals surface area contributed by atoms with E-state index in [4.69, 9.17) is 0 Å². The van der Waals surface area contributed by atoms with Crippen LogP contribution < -0.4 is 5.32 Å². The van der Waals surface area contributed by atoms with Crippen LogP contribution in [-0.4, -0.2) is 16.8 Å². The van der Waals surface area contributed by atoms with Crippen LogP contribution in [0.25, 0.3) is 0 Å². The molecule has 1 atom stereocenters. The van der Waals surface area contributed by atoms with E-state index in [0.717, 1.165) is 25.0 Å². The molecule has 2 aromatic heterocycles. The van der Waals surface area contributed by atoms with Crippen molar-refractivity contribution >= 4 is 59.1 Å². The van der Waals surface area contributed by atoms with Gasteiger partial charge in [-0.05, 0) is 67.8 Å². The summed E-state index contributed by atoms with van der Waals surface area (Å²) in [4.78, 5) is 1.24. The van der Waals surface area contributed by atoms with Crippen molar-refractivity contribution in [1.29, 1.82) is 0 Å². The lowest BCUT2D eigenvalue weighted by Crippen LogP contribution is -2.20. The van der Waals surface area contributed by atoms with E-state index in [1.165, 1.54) is 4.88 Å². The molecule has 0 radical (unpaired) electrons. The van der Waals surface area contributed by atoms with Crippen molar-refractivity contribution in [2.24, 2.45) is 0 Å². The average Bonchev–Trinajstić information content (AvgIpc) is 2.86. The van der Waals surface area contributed by atoms with Gasteiger partial charge in [0.15, 0.2) is 0 Å². The van der Waals surface area contributed by atoms with E-state index in [2.05, 4.69) is 71.2 Å². The zero-order valence-electron chi connectivity index (χ0n) is 9.88. The van der Waals surface area contributed by atoms with Gasteiger partial charge in [-0.15, -0.1) is 11.3 Å². The van der Waals surface area contributed by atoms with E-state index in [1.807, 2.05) is 17.9 Å². The Bertz CT molecular complexity index is 530. The summed E-state index contributed by atoms with van der Waals surface area (Å²) in [5, 5.41) is 7.72. The zero-order valence-corrected chi connectivity index (χ0v) is 15.5. The molecule has 0 aliphatic heterocycles. The second kappa shape index (κ2) is 6.17. The molecule has 1 unspecified atom stereocenters. The second-order valence-electron chi connectivity index (χ2n) is 3.69. The fourth-order valence-electron chi connectivity index (χ4n) is 1.83. The molecule has 98 valence electrons. The molecule has 2 heterocycles. The molecular weight excluding hydrogens is 446 g/mol. The molecular formula is C11H12Br3N3S. The fraction of sp³-hybridized carbons (Fsp3) is 0.364. The third-order valence-corrected chi connectivity index (χ3v) is 6.58. The molecule has 2 rings (SSSR count). The molecule has 0 aromatic carbocycles. The summed E-state index contributed by atoms with van der Waals surface area (Å²) < 4.78 is 5.23. The van der Waals surface area contributed by atoms with Gasteiger partial charge in [0.25, 0.3) is 0 Å². The zero-order chi connectivity index (χ0) is 13.3.